The molecule has 1 aliphatic rings. The first-order valence-corrected chi connectivity index (χ1v) is 12.0. The normalized spacial score (nSPS) is 17.1. The molecule has 1 amide bonds. The number of hydrogen-bond donors (Lipinski definition) is 3. The number of nitrogens with one attached hydrogen (secondary N) is 2. The number of hydrogen-bond acceptors (Lipinski definition) is 7. The number of benzene rings is 2. The minimum atomic E-state index is -0.554. The van der Waals surface area contributed by atoms with Crippen molar-refractivity contribution in [3.8, 4) is 5.75 Å². The molecule has 1 saturated heterocycles. The van der Waals surface area contributed by atoms with Gasteiger partial charge in [-0.05, 0) is 48.9 Å². The Bertz CT molecular complexity index is 1260. The number of carbonyl (C=O) groups is 2. The second-order valence-electron chi connectivity index (χ2n) is 9.13. The van der Waals surface area contributed by atoms with E-state index in [4.69, 9.17) is 25.0 Å². The Balaban J connectivity index is 0.00000253. The maximum atomic E-state index is 12.8. The van der Waals surface area contributed by atoms with Gasteiger partial charge in [0.1, 0.15) is 29.0 Å². The van der Waals surface area contributed by atoms with Gasteiger partial charge < -0.3 is 29.8 Å². The fourth-order valence-electron chi connectivity index (χ4n) is 4.41. The molecule has 206 valence electrons. The van der Waals surface area contributed by atoms with Crippen LogP contribution in [0.15, 0.2) is 52.9 Å². The molecule has 1 fully saturated rings. The standard InChI is InChI=1S/C27H32N4O5.2ClH/c1-4-34-27(33)22(13-20-12-18-11-17(25(28)29)7-10-24(18)36-20)16-5-8-19(9-6-16)35-21-14-23(30-15-21)26(32)31(2)3;;/h5-12,21-23,30H,4,13-15H2,1-3H3,(H3,28,29);2*1H/t21-,22?,23-;;/m0../s1. The van der Waals surface area contributed by atoms with Crippen LogP contribution in [-0.2, 0) is 20.7 Å². The Morgan fingerprint density at radius 1 is 1.16 bits per heavy atom. The molecule has 4 N–H and O–H groups in total. The molecule has 0 bridgehead atoms. The number of nitrogen functional groups attached to an aromatic ring is 1. The van der Waals surface area contributed by atoms with Crippen LogP contribution in [0, 0.1) is 5.41 Å². The number of rotatable bonds is 9. The van der Waals surface area contributed by atoms with E-state index in [0.29, 0.717) is 42.0 Å². The van der Waals surface area contributed by atoms with Crippen LogP contribution in [0.1, 0.15) is 36.1 Å². The molecule has 0 radical (unpaired) electrons. The first kappa shape index (κ1) is 31.0. The molecule has 1 aliphatic heterocycles. The van der Waals surface area contributed by atoms with Crippen LogP contribution in [0.2, 0.25) is 0 Å². The summed E-state index contributed by atoms with van der Waals surface area (Å²) in [4.78, 5) is 26.6. The van der Waals surface area contributed by atoms with Crippen molar-refractivity contribution in [2.45, 2.75) is 37.8 Å². The van der Waals surface area contributed by atoms with E-state index >= 15 is 0 Å². The minimum absolute atomic E-state index is 0. The van der Waals surface area contributed by atoms with Gasteiger partial charge in [0.15, 0.2) is 0 Å². The van der Waals surface area contributed by atoms with Crippen LogP contribution in [0.3, 0.4) is 0 Å². The fourth-order valence-corrected chi connectivity index (χ4v) is 4.41. The van der Waals surface area contributed by atoms with Gasteiger partial charge in [0.25, 0.3) is 0 Å². The van der Waals surface area contributed by atoms with E-state index in [1.165, 1.54) is 0 Å². The van der Waals surface area contributed by atoms with Crippen molar-refractivity contribution in [1.29, 1.82) is 5.41 Å². The summed E-state index contributed by atoms with van der Waals surface area (Å²) in [5.74, 6) is 0.448. The van der Waals surface area contributed by atoms with Crippen LogP contribution in [-0.4, -0.2) is 62.0 Å². The largest absolute Gasteiger partial charge is 0.489 e. The highest BCUT2D eigenvalue weighted by Crippen LogP contribution is 2.29. The summed E-state index contributed by atoms with van der Waals surface area (Å²) >= 11 is 0. The third kappa shape index (κ3) is 7.18. The minimum Gasteiger partial charge on any atom is -0.489 e. The summed E-state index contributed by atoms with van der Waals surface area (Å²) in [6, 6.07) is 14.3. The zero-order valence-corrected chi connectivity index (χ0v) is 23.2. The second kappa shape index (κ2) is 13.5. The van der Waals surface area contributed by atoms with Gasteiger partial charge in [-0.15, -0.1) is 24.8 Å². The molecule has 4 rings (SSSR count). The molecule has 3 atom stereocenters. The number of carbonyl (C=O) groups excluding carboxylic acids is 2. The summed E-state index contributed by atoms with van der Waals surface area (Å²) < 4.78 is 17.4. The first-order chi connectivity index (χ1) is 17.2. The van der Waals surface area contributed by atoms with Crippen molar-refractivity contribution in [3.63, 3.8) is 0 Å². The third-order valence-corrected chi connectivity index (χ3v) is 6.27. The molecule has 38 heavy (non-hydrogen) atoms. The number of furan rings is 1. The molecule has 11 heteroatoms. The van der Waals surface area contributed by atoms with E-state index in [2.05, 4.69) is 5.32 Å². The molecule has 3 aromatic rings. The number of amides is 1. The zero-order valence-electron chi connectivity index (χ0n) is 21.6. The lowest BCUT2D eigenvalue weighted by Gasteiger charge is -2.17. The van der Waals surface area contributed by atoms with Crippen LogP contribution in [0.25, 0.3) is 11.0 Å². The summed E-state index contributed by atoms with van der Waals surface area (Å²) in [6.07, 6.45) is 0.812. The third-order valence-electron chi connectivity index (χ3n) is 6.27. The van der Waals surface area contributed by atoms with Crippen molar-refractivity contribution < 1.29 is 23.5 Å². The van der Waals surface area contributed by atoms with E-state index in [1.807, 2.05) is 30.3 Å². The average molecular weight is 565 g/mol. The van der Waals surface area contributed by atoms with Crippen molar-refractivity contribution >= 4 is 53.5 Å². The lowest BCUT2D eigenvalue weighted by Crippen LogP contribution is -2.39. The van der Waals surface area contributed by atoms with Gasteiger partial charge in [0.2, 0.25) is 5.91 Å². The van der Waals surface area contributed by atoms with Gasteiger partial charge in [-0.1, -0.05) is 12.1 Å². The summed E-state index contributed by atoms with van der Waals surface area (Å²) in [7, 11) is 3.48. The Kier molecular flexibility index (Phi) is 11.0. The molecular formula is C27H34Cl2N4O5. The van der Waals surface area contributed by atoms with Crippen molar-refractivity contribution in [3.05, 3.63) is 65.4 Å². The van der Waals surface area contributed by atoms with Crippen LogP contribution in [0.4, 0.5) is 0 Å². The average Bonchev–Trinajstić information content (AvgIpc) is 3.48. The number of fused-ring (bicyclic) bond motifs is 1. The lowest BCUT2D eigenvalue weighted by atomic mass is 9.94. The van der Waals surface area contributed by atoms with Gasteiger partial charge in [-0.25, -0.2) is 0 Å². The number of esters is 1. The van der Waals surface area contributed by atoms with Crippen molar-refractivity contribution in [2.24, 2.45) is 5.73 Å². The fraction of sp³-hybridized carbons (Fsp3) is 0.370. The topological polar surface area (TPSA) is 131 Å². The summed E-state index contributed by atoms with van der Waals surface area (Å²) in [5, 5.41) is 11.7. The number of nitrogens with two attached hydrogens (primary N) is 1. The SMILES string of the molecule is CCOC(=O)C(Cc1cc2cc(C(=N)N)ccc2o1)c1ccc(O[C@@H]2CN[C@H](C(=O)N(C)C)C2)cc1.Cl.Cl. The van der Waals surface area contributed by atoms with E-state index in [0.717, 1.165) is 10.9 Å². The number of amidine groups is 1. The van der Waals surface area contributed by atoms with Gasteiger partial charge in [0.05, 0.1) is 18.6 Å². The van der Waals surface area contributed by atoms with Gasteiger partial charge >= 0.3 is 5.97 Å². The molecule has 1 aromatic heterocycles. The van der Waals surface area contributed by atoms with Gasteiger partial charge in [-0.2, -0.15) is 0 Å². The number of nitrogens with zero attached hydrogens (tertiary/aromatic N) is 1. The van der Waals surface area contributed by atoms with E-state index in [9.17, 15) is 9.59 Å². The van der Waals surface area contributed by atoms with Gasteiger partial charge in [-0.3, -0.25) is 15.0 Å². The Morgan fingerprint density at radius 3 is 2.50 bits per heavy atom. The highest BCUT2D eigenvalue weighted by atomic mass is 35.5. The van der Waals surface area contributed by atoms with Crippen molar-refractivity contribution in [1.82, 2.24) is 10.2 Å². The van der Waals surface area contributed by atoms with E-state index in [-0.39, 0.29) is 61.3 Å². The van der Waals surface area contributed by atoms with Gasteiger partial charge in [0, 0.05) is 44.4 Å². The number of halogens is 2. The summed E-state index contributed by atoms with van der Waals surface area (Å²) in [5.41, 5.74) is 7.66. The molecular weight excluding hydrogens is 531 g/mol. The molecule has 1 unspecified atom stereocenters. The smallest absolute Gasteiger partial charge is 0.313 e. The molecule has 9 nitrogen and oxygen atoms in total. The zero-order chi connectivity index (χ0) is 25.8. The molecule has 2 aromatic carbocycles. The monoisotopic (exact) mass is 564 g/mol. The Morgan fingerprint density at radius 2 is 1.87 bits per heavy atom. The van der Waals surface area contributed by atoms with E-state index < -0.39 is 5.92 Å². The maximum Gasteiger partial charge on any atom is 0.313 e. The lowest BCUT2D eigenvalue weighted by molar-refractivity contribution is -0.145. The Labute approximate surface area is 234 Å². The molecule has 0 aliphatic carbocycles. The van der Waals surface area contributed by atoms with Crippen LogP contribution in [0.5, 0.6) is 5.75 Å². The Hall–Kier alpha value is -3.27. The first-order valence-electron chi connectivity index (χ1n) is 12.0. The molecule has 0 saturated carbocycles. The number of likely N-dealkylation sites (N-methyl/N-ethyl adjacent to an activating group) is 1. The quantitative estimate of drug-likeness (QED) is 0.205. The van der Waals surface area contributed by atoms with Crippen LogP contribution >= 0.6 is 24.8 Å². The van der Waals surface area contributed by atoms with Crippen molar-refractivity contribution in [2.75, 3.05) is 27.2 Å². The summed E-state index contributed by atoms with van der Waals surface area (Å²) in [6.45, 7) is 2.65. The molecule has 0 spiro atoms. The van der Waals surface area contributed by atoms with E-state index in [1.54, 1.807) is 44.1 Å². The second-order valence-corrected chi connectivity index (χ2v) is 9.13. The highest BCUT2D eigenvalue weighted by Gasteiger charge is 2.31. The predicted molar refractivity (Wildman–Crippen MR) is 151 cm³/mol. The highest BCUT2D eigenvalue weighted by molar-refractivity contribution is 5.98. The van der Waals surface area contributed by atoms with Crippen LogP contribution < -0.4 is 15.8 Å². The maximum absolute atomic E-state index is 12.8. The number of ether oxygens (including phenoxy) is 2. The molecule has 2 heterocycles. The predicted octanol–water partition coefficient (Wildman–Crippen LogP) is 3.65.